The number of halogens is 1. The van der Waals surface area contributed by atoms with E-state index >= 15 is 0 Å². The van der Waals surface area contributed by atoms with E-state index in [-0.39, 0.29) is 18.0 Å². The Hall–Kier alpha value is -1.55. The van der Waals surface area contributed by atoms with Gasteiger partial charge in [-0.2, -0.15) is 9.35 Å². The molecular weight excluding hydrogens is 492 g/mol. The number of nitrogens with one attached hydrogen (secondary N) is 1. The van der Waals surface area contributed by atoms with Crippen LogP contribution in [0.5, 0.6) is 0 Å². The first-order valence-electron chi connectivity index (χ1n) is 12.0. The SMILES string of the molecule is O=[S@]1CC2(CC2)c2nc(N=S3(=O)CCC(c4ccc(Cl)cc4)CC3)nc(NC3(CO)CCC3)c21. The van der Waals surface area contributed by atoms with Gasteiger partial charge in [0.05, 0.1) is 38.4 Å². The minimum atomic E-state index is -2.48. The molecule has 1 aromatic heterocycles. The van der Waals surface area contributed by atoms with E-state index in [2.05, 4.69) is 14.7 Å². The number of hydrogen-bond donors (Lipinski definition) is 2. The third kappa shape index (κ3) is 3.98. The number of rotatable bonds is 5. The fourth-order valence-electron chi connectivity index (χ4n) is 5.45. The molecule has 3 fully saturated rings. The van der Waals surface area contributed by atoms with Crippen molar-refractivity contribution in [3.8, 4) is 0 Å². The molecule has 7 nitrogen and oxygen atoms in total. The molecule has 6 rings (SSSR count). The molecule has 3 heterocycles. The maximum Gasteiger partial charge on any atom is 0.260 e. The smallest absolute Gasteiger partial charge is 0.260 e. The van der Waals surface area contributed by atoms with Crippen LogP contribution in [0.1, 0.15) is 62.1 Å². The monoisotopic (exact) mass is 520 g/mol. The summed E-state index contributed by atoms with van der Waals surface area (Å²) in [5.74, 6) is 2.66. The normalized spacial score (nSPS) is 30.4. The van der Waals surface area contributed by atoms with Gasteiger partial charge in [0, 0.05) is 27.7 Å². The third-order valence-electron chi connectivity index (χ3n) is 8.00. The van der Waals surface area contributed by atoms with E-state index in [1.807, 2.05) is 24.3 Å². The van der Waals surface area contributed by atoms with Gasteiger partial charge in [0.1, 0.15) is 10.7 Å². The first-order chi connectivity index (χ1) is 16.3. The second-order valence-corrected chi connectivity index (χ2v) is 14.7. The number of nitrogens with zero attached hydrogens (tertiary/aromatic N) is 3. The summed E-state index contributed by atoms with van der Waals surface area (Å²) in [7, 11) is -3.65. The lowest BCUT2D eigenvalue weighted by molar-refractivity contribution is 0.143. The summed E-state index contributed by atoms with van der Waals surface area (Å²) in [4.78, 5) is 10.0. The summed E-state index contributed by atoms with van der Waals surface area (Å²) in [6.45, 7) is -0.00113. The van der Waals surface area contributed by atoms with Crippen molar-refractivity contribution in [2.24, 2.45) is 4.36 Å². The van der Waals surface area contributed by atoms with Gasteiger partial charge in [0.2, 0.25) is 0 Å². The van der Waals surface area contributed by atoms with Gasteiger partial charge in [-0.1, -0.05) is 23.7 Å². The van der Waals surface area contributed by atoms with Crippen LogP contribution in [0, 0.1) is 0 Å². The predicted octanol–water partition coefficient (Wildman–Crippen LogP) is 4.29. The number of anilines is 1. The van der Waals surface area contributed by atoms with Crippen LogP contribution in [0.25, 0.3) is 0 Å². The molecule has 2 aliphatic carbocycles. The molecule has 1 spiro atoms. The van der Waals surface area contributed by atoms with E-state index in [9.17, 15) is 13.5 Å². The number of aliphatic hydroxyl groups is 1. The summed E-state index contributed by atoms with van der Waals surface area (Å²) in [6.07, 6.45) is 6.23. The van der Waals surface area contributed by atoms with Crippen LogP contribution in [0.2, 0.25) is 5.02 Å². The second-order valence-electron chi connectivity index (χ2n) is 10.3. The zero-order valence-electron chi connectivity index (χ0n) is 19.0. The molecule has 0 bridgehead atoms. The molecular formula is C24H29ClN4O3S2. The number of aliphatic hydroxyl groups excluding tert-OH is 1. The lowest BCUT2D eigenvalue weighted by Gasteiger charge is -2.41. The van der Waals surface area contributed by atoms with E-state index < -0.39 is 26.1 Å². The van der Waals surface area contributed by atoms with Gasteiger partial charge in [-0.15, -0.1) is 0 Å². The summed E-state index contributed by atoms with van der Waals surface area (Å²) in [5.41, 5.74) is 1.46. The van der Waals surface area contributed by atoms with E-state index in [1.54, 1.807) is 0 Å². The van der Waals surface area contributed by atoms with Crippen molar-refractivity contribution in [2.45, 2.75) is 66.7 Å². The van der Waals surface area contributed by atoms with E-state index in [0.717, 1.165) is 55.7 Å². The van der Waals surface area contributed by atoms with Gasteiger partial charge in [0.25, 0.3) is 5.95 Å². The second kappa shape index (κ2) is 8.25. The quantitative estimate of drug-likeness (QED) is 0.609. The van der Waals surface area contributed by atoms with Crippen molar-refractivity contribution in [2.75, 3.05) is 29.2 Å². The highest BCUT2D eigenvalue weighted by Gasteiger charge is 2.55. The lowest BCUT2D eigenvalue weighted by Crippen LogP contribution is -2.48. The topological polar surface area (TPSA) is 105 Å². The Morgan fingerprint density at radius 1 is 1.15 bits per heavy atom. The molecule has 0 unspecified atom stereocenters. The van der Waals surface area contributed by atoms with Crippen LogP contribution in [0.15, 0.2) is 33.5 Å². The van der Waals surface area contributed by atoms with Crippen molar-refractivity contribution in [1.29, 1.82) is 0 Å². The van der Waals surface area contributed by atoms with Crippen molar-refractivity contribution in [3.05, 3.63) is 40.5 Å². The fourth-order valence-corrected chi connectivity index (χ4v) is 9.51. The zero-order valence-corrected chi connectivity index (χ0v) is 21.4. The van der Waals surface area contributed by atoms with Crippen molar-refractivity contribution in [3.63, 3.8) is 0 Å². The summed E-state index contributed by atoms with van der Waals surface area (Å²) < 4.78 is 31.3. The molecule has 182 valence electrons. The molecule has 0 radical (unpaired) electrons. The highest BCUT2D eigenvalue weighted by molar-refractivity contribution is 7.93. The first kappa shape index (κ1) is 22.9. The molecule has 1 saturated heterocycles. The average Bonchev–Trinajstić information content (AvgIpc) is 3.51. The highest BCUT2D eigenvalue weighted by Crippen LogP contribution is 2.56. The highest BCUT2D eigenvalue weighted by atomic mass is 35.5. The Morgan fingerprint density at radius 2 is 1.85 bits per heavy atom. The van der Waals surface area contributed by atoms with E-state index in [0.29, 0.717) is 33.9 Å². The van der Waals surface area contributed by atoms with Crippen LogP contribution in [-0.4, -0.2) is 52.9 Å². The number of fused-ring (bicyclic) bond motifs is 2. The third-order valence-corrected chi connectivity index (χ3v) is 12.2. The van der Waals surface area contributed by atoms with E-state index in [4.69, 9.17) is 16.6 Å². The predicted molar refractivity (Wildman–Crippen MR) is 135 cm³/mol. The van der Waals surface area contributed by atoms with Crippen LogP contribution >= 0.6 is 11.6 Å². The minimum absolute atomic E-state index is 0.00113. The zero-order chi connectivity index (χ0) is 23.6. The Kier molecular flexibility index (Phi) is 5.55. The Labute approximate surface area is 207 Å². The van der Waals surface area contributed by atoms with Gasteiger partial charge >= 0.3 is 0 Å². The Morgan fingerprint density at radius 3 is 2.44 bits per heavy atom. The maximum absolute atomic E-state index is 13.7. The first-order valence-corrected chi connectivity index (χ1v) is 15.6. The Balaban J connectivity index is 1.32. The molecule has 10 heteroatoms. The largest absolute Gasteiger partial charge is 0.394 e. The Bertz CT molecular complexity index is 1260. The van der Waals surface area contributed by atoms with Gasteiger partial charge in [-0.25, -0.2) is 9.19 Å². The summed E-state index contributed by atoms with van der Waals surface area (Å²) in [6, 6.07) is 7.90. The van der Waals surface area contributed by atoms with E-state index in [1.165, 1.54) is 5.56 Å². The fraction of sp³-hybridized carbons (Fsp3) is 0.583. The molecule has 2 aliphatic heterocycles. The maximum atomic E-state index is 13.7. The molecule has 2 saturated carbocycles. The van der Waals surface area contributed by atoms with Crippen LogP contribution in [-0.2, 0) is 25.9 Å². The molecule has 4 aliphatic rings. The van der Waals surface area contributed by atoms with Crippen molar-refractivity contribution < 1.29 is 13.5 Å². The number of benzene rings is 1. The minimum Gasteiger partial charge on any atom is -0.394 e. The molecule has 2 N–H and O–H groups in total. The van der Waals surface area contributed by atoms with Crippen LogP contribution in [0.3, 0.4) is 0 Å². The molecule has 1 aromatic carbocycles. The standard InChI is InChI=1S/C24H29ClN4O3S2/c25-18-4-2-16(3-5-18)17-6-12-34(32,13-7-17)29-22-26-20-19(33(31)15-23(20)10-11-23)21(27-22)28-24(14-30)8-1-9-24/h2-5,17,30H,1,6-15H2,(H,26,27,28)/t17?,33-,34?/m0/s1. The van der Waals surface area contributed by atoms with Crippen molar-refractivity contribution in [1.82, 2.24) is 9.97 Å². The van der Waals surface area contributed by atoms with Crippen molar-refractivity contribution >= 4 is 43.9 Å². The number of aromatic nitrogens is 2. The molecule has 0 amide bonds. The van der Waals surface area contributed by atoms with Crippen LogP contribution in [0.4, 0.5) is 11.8 Å². The van der Waals surface area contributed by atoms with Gasteiger partial charge < -0.3 is 10.4 Å². The molecule has 34 heavy (non-hydrogen) atoms. The van der Waals surface area contributed by atoms with Gasteiger partial charge in [-0.3, -0.25) is 4.21 Å². The van der Waals surface area contributed by atoms with Gasteiger partial charge in [-0.05, 0) is 68.6 Å². The summed E-state index contributed by atoms with van der Waals surface area (Å²) in [5, 5.41) is 14.1. The lowest BCUT2D eigenvalue weighted by atomic mass is 9.77. The number of hydrogen-bond acceptors (Lipinski definition) is 7. The molecule has 2 aromatic rings. The van der Waals surface area contributed by atoms with Gasteiger partial charge in [0.15, 0.2) is 0 Å². The summed E-state index contributed by atoms with van der Waals surface area (Å²) >= 11 is 6.02. The molecule has 1 atom stereocenters. The average molecular weight is 521 g/mol. The van der Waals surface area contributed by atoms with Crippen LogP contribution < -0.4 is 5.32 Å².